The van der Waals surface area contributed by atoms with Crippen LogP contribution in [0.5, 0.6) is 0 Å². The molecule has 4 fully saturated rings. The summed E-state index contributed by atoms with van der Waals surface area (Å²) in [6, 6.07) is 0.942. The van der Waals surface area contributed by atoms with Gasteiger partial charge in [-0.15, -0.1) is 0 Å². The monoisotopic (exact) mass is 452 g/mol. The number of fused-ring (bicyclic) bond motifs is 5. The van der Waals surface area contributed by atoms with Gasteiger partial charge in [0.15, 0.2) is 5.78 Å². The Morgan fingerprint density at radius 1 is 1.09 bits per heavy atom. The molecule has 1 aromatic heterocycles. The Bertz CT molecular complexity index is 879. The number of hydrogen-bond acceptors (Lipinski definition) is 3. The number of carbonyl (C=O) groups is 1. The predicted molar refractivity (Wildman–Crippen MR) is 113 cm³/mol. The van der Waals surface area contributed by atoms with Crippen LogP contribution < -0.4 is 0 Å². The van der Waals surface area contributed by atoms with Crippen LogP contribution in [0.25, 0.3) is 0 Å². The van der Waals surface area contributed by atoms with E-state index in [0.29, 0.717) is 29.6 Å². The molecule has 32 heavy (non-hydrogen) atoms. The maximum Gasteiger partial charge on any atom is 0.433 e. The highest BCUT2D eigenvalue weighted by atomic mass is 19.4. The van der Waals surface area contributed by atoms with Gasteiger partial charge in [0.1, 0.15) is 12.2 Å². The highest BCUT2D eigenvalue weighted by Gasteiger charge is 2.58. The minimum atomic E-state index is -4.50. The summed E-state index contributed by atoms with van der Waals surface area (Å²) in [5.41, 5.74) is -1.48. The van der Waals surface area contributed by atoms with E-state index in [9.17, 15) is 23.1 Å². The van der Waals surface area contributed by atoms with Crippen molar-refractivity contribution in [1.82, 2.24) is 9.78 Å². The van der Waals surface area contributed by atoms with Gasteiger partial charge in [-0.25, -0.2) is 0 Å². The lowest BCUT2D eigenvalue weighted by atomic mass is 9.49. The smallest absolute Gasteiger partial charge is 0.390 e. The summed E-state index contributed by atoms with van der Waals surface area (Å²) in [7, 11) is 0. The molecule has 0 aliphatic heterocycles. The third-order valence-corrected chi connectivity index (χ3v) is 9.94. The molecule has 1 aromatic rings. The predicted octanol–water partition coefficient (Wildman–Crippen LogP) is 5.49. The van der Waals surface area contributed by atoms with Crippen LogP contribution in [-0.4, -0.2) is 26.3 Å². The van der Waals surface area contributed by atoms with Crippen molar-refractivity contribution in [1.29, 1.82) is 0 Å². The molecule has 4 aliphatic carbocycles. The topological polar surface area (TPSA) is 55.1 Å². The van der Waals surface area contributed by atoms with Crippen LogP contribution in [0.2, 0.25) is 0 Å². The number of aliphatic hydroxyl groups is 1. The number of ketones is 1. The van der Waals surface area contributed by atoms with Crippen molar-refractivity contribution in [3.8, 4) is 0 Å². The van der Waals surface area contributed by atoms with E-state index in [2.05, 4.69) is 12.0 Å². The number of nitrogens with zero attached hydrogens (tertiary/aromatic N) is 2. The van der Waals surface area contributed by atoms with Gasteiger partial charge in [-0.05, 0) is 106 Å². The number of alkyl halides is 3. The quantitative estimate of drug-likeness (QED) is 0.660. The lowest BCUT2D eigenvalue weighted by Crippen LogP contribution is -2.51. The van der Waals surface area contributed by atoms with Crippen LogP contribution in [0.15, 0.2) is 12.3 Å². The molecule has 0 saturated heterocycles. The molecule has 0 radical (unpaired) electrons. The van der Waals surface area contributed by atoms with Gasteiger partial charge >= 0.3 is 6.18 Å². The largest absolute Gasteiger partial charge is 0.433 e. The standard InChI is InChI=1S/C25H35F3N2O2/c1-23(32)10-7-16-15(13-23)3-4-18-17(16)8-11-24(2)19(18)5-6-20(24)21(31)14-30-22(9-12-29-30)25(26,27)28/h9,12,15-20,32H,3-8,10-11,13-14H2,1-2H3/t15-,16-,17+,18+,19-,20+,23+,24-/m0/s1. The molecule has 0 spiro atoms. The number of halogens is 3. The molecule has 7 heteroatoms. The molecule has 4 saturated carbocycles. The first-order valence-electron chi connectivity index (χ1n) is 12.3. The van der Waals surface area contributed by atoms with E-state index in [0.717, 1.165) is 68.3 Å². The first kappa shape index (κ1) is 22.4. The average Bonchev–Trinajstić information content (AvgIpc) is 3.30. The first-order valence-corrected chi connectivity index (χ1v) is 12.3. The maximum atomic E-state index is 13.3. The number of carbonyl (C=O) groups excluding carboxylic acids is 1. The second-order valence-corrected chi connectivity index (χ2v) is 11.7. The molecule has 0 bridgehead atoms. The highest BCUT2D eigenvalue weighted by Crippen LogP contribution is 2.64. The maximum absolute atomic E-state index is 13.3. The van der Waals surface area contributed by atoms with Crippen molar-refractivity contribution in [2.75, 3.05) is 0 Å². The Morgan fingerprint density at radius 3 is 2.59 bits per heavy atom. The van der Waals surface area contributed by atoms with Crippen LogP contribution in [-0.2, 0) is 17.5 Å². The van der Waals surface area contributed by atoms with E-state index in [1.54, 1.807) is 0 Å². The number of aromatic nitrogens is 2. The van der Waals surface area contributed by atoms with Gasteiger partial charge in [0.2, 0.25) is 0 Å². The zero-order chi connectivity index (χ0) is 22.9. The molecule has 4 nitrogen and oxygen atoms in total. The van der Waals surface area contributed by atoms with Gasteiger partial charge in [0, 0.05) is 12.1 Å². The minimum Gasteiger partial charge on any atom is -0.390 e. The Balaban J connectivity index is 1.31. The molecule has 8 atom stereocenters. The Morgan fingerprint density at radius 2 is 1.84 bits per heavy atom. The Labute approximate surface area is 187 Å². The third-order valence-electron chi connectivity index (χ3n) is 9.94. The summed E-state index contributed by atoms with van der Waals surface area (Å²) >= 11 is 0. The number of Topliss-reactive ketones (excluding diaryl/α,β-unsaturated/α-hetero) is 1. The lowest BCUT2D eigenvalue weighted by molar-refractivity contribution is -0.145. The molecule has 0 amide bonds. The molecule has 0 unspecified atom stereocenters. The second kappa shape index (κ2) is 7.57. The van der Waals surface area contributed by atoms with E-state index in [4.69, 9.17) is 0 Å². The van der Waals surface area contributed by atoms with Gasteiger partial charge in [0.25, 0.3) is 0 Å². The summed E-state index contributed by atoms with van der Waals surface area (Å²) in [5, 5.41) is 14.4. The molecular formula is C25H35F3N2O2. The summed E-state index contributed by atoms with van der Waals surface area (Å²) in [6.45, 7) is 3.92. The minimum absolute atomic E-state index is 0.0925. The van der Waals surface area contributed by atoms with Crippen molar-refractivity contribution >= 4 is 5.78 Å². The third kappa shape index (κ3) is 3.63. The van der Waals surface area contributed by atoms with E-state index >= 15 is 0 Å². The first-order chi connectivity index (χ1) is 15.0. The second-order valence-electron chi connectivity index (χ2n) is 11.7. The average molecular weight is 453 g/mol. The zero-order valence-corrected chi connectivity index (χ0v) is 19.1. The van der Waals surface area contributed by atoms with Gasteiger partial charge in [-0.2, -0.15) is 18.3 Å². The van der Waals surface area contributed by atoms with E-state index in [1.165, 1.54) is 6.42 Å². The fourth-order valence-corrected chi connectivity index (χ4v) is 8.57. The highest BCUT2D eigenvalue weighted by molar-refractivity contribution is 5.82. The molecule has 178 valence electrons. The fraction of sp³-hybridized carbons (Fsp3) is 0.840. The Hall–Kier alpha value is -1.37. The molecule has 4 aliphatic rings. The molecule has 5 rings (SSSR count). The SMILES string of the molecule is C[C@@]1(O)CC[C@H]2[C@@H](CC[C@@H]3[C@@H]2CC[C@]2(C)[C@@H](C(=O)Cn4nccc4C(F)(F)F)CC[C@@H]32)C1. The van der Waals surface area contributed by atoms with Crippen LogP contribution in [0.1, 0.15) is 77.3 Å². The van der Waals surface area contributed by atoms with Crippen LogP contribution >= 0.6 is 0 Å². The molecule has 0 aromatic carbocycles. The normalized spacial score (nSPS) is 43.9. The van der Waals surface area contributed by atoms with Gasteiger partial charge < -0.3 is 5.11 Å². The van der Waals surface area contributed by atoms with Crippen LogP contribution in [0.4, 0.5) is 13.2 Å². The van der Waals surface area contributed by atoms with Crippen LogP contribution in [0.3, 0.4) is 0 Å². The number of rotatable bonds is 3. The van der Waals surface area contributed by atoms with Crippen molar-refractivity contribution in [3.63, 3.8) is 0 Å². The van der Waals surface area contributed by atoms with E-state index < -0.39 is 17.5 Å². The Kier molecular flexibility index (Phi) is 5.31. The lowest BCUT2D eigenvalue weighted by Gasteiger charge is -2.56. The summed E-state index contributed by atoms with van der Waals surface area (Å²) < 4.78 is 40.5. The van der Waals surface area contributed by atoms with Gasteiger partial charge in [0.05, 0.1) is 5.60 Å². The van der Waals surface area contributed by atoms with Crippen LogP contribution in [0, 0.1) is 40.9 Å². The van der Waals surface area contributed by atoms with Crippen molar-refractivity contribution in [3.05, 3.63) is 18.0 Å². The number of hydrogen-bond donors (Lipinski definition) is 1. The van der Waals surface area contributed by atoms with Crippen molar-refractivity contribution in [2.24, 2.45) is 40.9 Å². The van der Waals surface area contributed by atoms with E-state index in [1.807, 2.05) is 6.92 Å². The molecule has 1 N–H and O–H groups in total. The van der Waals surface area contributed by atoms with Gasteiger partial charge in [-0.3, -0.25) is 9.48 Å². The fourth-order valence-electron chi connectivity index (χ4n) is 8.57. The molecular weight excluding hydrogens is 417 g/mol. The summed E-state index contributed by atoms with van der Waals surface area (Å²) in [4.78, 5) is 13.3. The van der Waals surface area contributed by atoms with Crippen molar-refractivity contribution < 1.29 is 23.1 Å². The van der Waals surface area contributed by atoms with Gasteiger partial charge in [-0.1, -0.05) is 6.92 Å². The summed E-state index contributed by atoms with van der Waals surface area (Å²) in [5.74, 6) is 2.81. The van der Waals surface area contributed by atoms with Crippen molar-refractivity contribution in [2.45, 2.75) is 90.0 Å². The zero-order valence-electron chi connectivity index (χ0n) is 19.1. The van der Waals surface area contributed by atoms with E-state index in [-0.39, 0.29) is 23.7 Å². The molecule has 1 heterocycles. The summed E-state index contributed by atoms with van der Waals surface area (Å²) in [6.07, 6.45) is 5.74.